The summed E-state index contributed by atoms with van der Waals surface area (Å²) in [6, 6.07) is 27.4. The van der Waals surface area contributed by atoms with E-state index in [1.165, 1.54) is 116 Å². The molecule has 87 heavy (non-hydrogen) atoms. The molecular weight excluding hydrogens is 1110 g/mol. The fourth-order valence-electron chi connectivity index (χ4n) is 10.9. The maximum atomic E-state index is 14.5. The minimum atomic E-state index is -4.21. The van der Waals surface area contributed by atoms with Gasteiger partial charge in [-0.3, -0.25) is 32.7 Å². The van der Waals surface area contributed by atoms with E-state index in [1.807, 2.05) is 91.0 Å². The van der Waals surface area contributed by atoms with Gasteiger partial charge in [-0.2, -0.15) is 0 Å². The quantitative estimate of drug-likeness (QED) is 0.0281. The normalized spacial score (nSPS) is 13.0. The lowest BCUT2D eigenvalue weighted by Gasteiger charge is -2.25. The van der Waals surface area contributed by atoms with E-state index in [4.69, 9.17) is 23.0 Å². The van der Waals surface area contributed by atoms with Gasteiger partial charge in [0.15, 0.2) is 0 Å². The lowest BCUT2D eigenvalue weighted by Crippen LogP contribution is -2.48. The van der Waals surface area contributed by atoms with E-state index in [1.54, 1.807) is 0 Å². The number of phosphoric acid groups is 1. The van der Waals surface area contributed by atoms with Gasteiger partial charge < -0.3 is 25.4 Å². The smallest absolute Gasteiger partial charge is 0.462 e. The van der Waals surface area contributed by atoms with E-state index in [2.05, 4.69) is 43.6 Å². The van der Waals surface area contributed by atoms with E-state index in [0.29, 0.717) is 38.7 Å². The standard InChI is InChI=1S/C73H120N3O10P/c1-5-9-13-16-19-22-25-28-41-52-67(82-59-63-45-35-31-36-46-63)57-70(77)75-66(62-85-87(81,83-60-64-47-37-32-38-48-64)84-61-65-49-39-33-40-50-65)51-44-56-74-73(80)69(54-34-12-8-4)76-71(78)58-68(53-42-29-26-23-20-17-14-10-6-2)86-72(79)55-43-30-27-24-21-18-15-11-7-3/h31-33,35-40,45-50,66-69H,5-30,34,41-44,51-62H2,1-4H3,(H,74,80)(H,75,77)(H,76,78)/t66-,67+,68-,69+/m1/s1. The number of ether oxygens (including phenoxy) is 2. The van der Waals surface area contributed by atoms with Crippen molar-refractivity contribution in [3.8, 4) is 0 Å². The van der Waals surface area contributed by atoms with Gasteiger partial charge in [-0.05, 0) is 61.6 Å². The van der Waals surface area contributed by atoms with Crippen LogP contribution < -0.4 is 16.0 Å². The Morgan fingerprint density at radius 3 is 1.29 bits per heavy atom. The summed E-state index contributed by atoms with van der Waals surface area (Å²) in [5.41, 5.74) is 2.62. The number of unbranched alkanes of at least 4 members (excludes halogenated alkanes) is 26. The third kappa shape index (κ3) is 41.5. The average Bonchev–Trinajstić information content (AvgIpc) is 3.66. The summed E-state index contributed by atoms with van der Waals surface area (Å²) < 4.78 is 45.2. The first-order valence-corrected chi connectivity index (χ1v) is 36.3. The van der Waals surface area contributed by atoms with E-state index in [0.717, 1.165) is 100 Å². The number of esters is 1. The van der Waals surface area contributed by atoms with Crippen molar-refractivity contribution in [1.29, 1.82) is 0 Å². The Morgan fingerprint density at radius 2 is 0.805 bits per heavy atom. The number of phosphoric ester groups is 1. The van der Waals surface area contributed by atoms with Crippen molar-refractivity contribution in [1.82, 2.24) is 16.0 Å². The molecule has 492 valence electrons. The highest BCUT2D eigenvalue weighted by atomic mass is 31.2. The lowest BCUT2D eigenvalue weighted by molar-refractivity contribution is -0.151. The number of rotatable bonds is 58. The van der Waals surface area contributed by atoms with Crippen LogP contribution in [0, 0.1) is 0 Å². The second-order valence-electron chi connectivity index (χ2n) is 24.3. The minimum absolute atomic E-state index is 0.00474. The zero-order chi connectivity index (χ0) is 62.5. The molecule has 3 aromatic carbocycles. The van der Waals surface area contributed by atoms with Gasteiger partial charge in [0.05, 0.1) is 51.4 Å². The van der Waals surface area contributed by atoms with Crippen LogP contribution in [-0.4, -0.2) is 61.1 Å². The maximum absolute atomic E-state index is 14.5. The third-order valence-corrected chi connectivity index (χ3v) is 17.6. The molecule has 0 aliphatic rings. The summed E-state index contributed by atoms with van der Waals surface area (Å²) in [4.78, 5) is 55.5. The first kappa shape index (κ1) is 76.9. The minimum Gasteiger partial charge on any atom is -0.462 e. The van der Waals surface area contributed by atoms with Crippen molar-refractivity contribution in [2.75, 3.05) is 13.2 Å². The summed E-state index contributed by atoms with van der Waals surface area (Å²) in [5, 5.41) is 9.30. The number of hydrogen-bond donors (Lipinski definition) is 3. The second kappa shape index (κ2) is 52.4. The summed E-state index contributed by atoms with van der Waals surface area (Å²) in [6.07, 6.45) is 36.4. The van der Waals surface area contributed by atoms with Crippen LogP contribution in [-0.2, 0) is 66.6 Å². The average molecular weight is 1230 g/mol. The number of benzene rings is 3. The zero-order valence-electron chi connectivity index (χ0n) is 54.9. The zero-order valence-corrected chi connectivity index (χ0v) is 55.8. The van der Waals surface area contributed by atoms with Crippen molar-refractivity contribution in [3.05, 3.63) is 108 Å². The van der Waals surface area contributed by atoms with Crippen LogP contribution in [0.2, 0.25) is 0 Å². The molecule has 0 fully saturated rings. The van der Waals surface area contributed by atoms with Crippen molar-refractivity contribution >= 4 is 31.5 Å². The second-order valence-corrected chi connectivity index (χ2v) is 26.0. The number of amides is 3. The van der Waals surface area contributed by atoms with Crippen LogP contribution in [0.1, 0.15) is 288 Å². The Kier molecular flexibility index (Phi) is 46.3. The van der Waals surface area contributed by atoms with Crippen molar-refractivity contribution < 1.29 is 46.8 Å². The Morgan fingerprint density at radius 1 is 0.414 bits per heavy atom. The van der Waals surface area contributed by atoms with Gasteiger partial charge in [-0.15, -0.1) is 0 Å². The molecule has 0 spiro atoms. The van der Waals surface area contributed by atoms with E-state index >= 15 is 0 Å². The lowest BCUT2D eigenvalue weighted by atomic mass is 10.0. The van der Waals surface area contributed by atoms with Gasteiger partial charge >= 0.3 is 13.8 Å². The van der Waals surface area contributed by atoms with Gasteiger partial charge in [0.25, 0.3) is 0 Å². The molecule has 0 unspecified atom stereocenters. The number of nitrogens with one attached hydrogen (secondary N) is 3. The highest BCUT2D eigenvalue weighted by Crippen LogP contribution is 2.51. The number of carbonyl (C=O) groups excluding carboxylic acids is 4. The van der Waals surface area contributed by atoms with Gasteiger partial charge in [0, 0.05) is 13.0 Å². The Labute approximate surface area is 528 Å². The van der Waals surface area contributed by atoms with Gasteiger partial charge in [-0.25, -0.2) is 4.57 Å². The summed E-state index contributed by atoms with van der Waals surface area (Å²) in [5.74, 6) is -1.08. The molecule has 0 heterocycles. The van der Waals surface area contributed by atoms with E-state index in [-0.39, 0.29) is 69.0 Å². The van der Waals surface area contributed by atoms with Gasteiger partial charge in [-0.1, -0.05) is 298 Å². The van der Waals surface area contributed by atoms with Gasteiger partial charge in [0.2, 0.25) is 17.7 Å². The molecule has 14 heteroatoms. The van der Waals surface area contributed by atoms with Gasteiger partial charge in [0.1, 0.15) is 12.1 Å². The van der Waals surface area contributed by atoms with Crippen LogP contribution in [0.15, 0.2) is 91.0 Å². The molecule has 3 N–H and O–H groups in total. The molecule has 0 saturated carbocycles. The molecular formula is C73H120N3O10P. The molecule has 3 aromatic rings. The molecule has 13 nitrogen and oxygen atoms in total. The molecule has 0 aromatic heterocycles. The first-order chi connectivity index (χ1) is 42.6. The van der Waals surface area contributed by atoms with Crippen molar-refractivity contribution in [2.45, 2.75) is 316 Å². The largest absolute Gasteiger partial charge is 0.475 e. The SMILES string of the molecule is CCCCCCCCCCCC(=O)O[C@H](CCCCCCCCCCC)CC(=O)N[C@@H](CCCCC)C(=O)NCCC[C@H](COP(=O)(OCc1ccccc1)OCc1ccccc1)NC(=O)C[C@H](CCCCCCCCCCC)OCc1ccccc1. The molecule has 3 rings (SSSR count). The first-order valence-electron chi connectivity index (χ1n) is 34.9. The molecule has 0 aliphatic heterocycles. The number of hydrogen-bond acceptors (Lipinski definition) is 10. The Hall–Kier alpha value is -4.39. The number of carbonyl (C=O) groups is 4. The molecule has 4 atom stereocenters. The third-order valence-electron chi connectivity index (χ3n) is 16.2. The topological polar surface area (TPSA) is 168 Å². The van der Waals surface area contributed by atoms with Crippen LogP contribution in [0.5, 0.6) is 0 Å². The fourth-order valence-corrected chi connectivity index (χ4v) is 12.1. The molecule has 0 bridgehead atoms. The van der Waals surface area contributed by atoms with Crippen LogP contribution in [0.25, 0.3) is 0 Å². The molecule has 3 amide bonds. The predicted molar refractivity (Wildman–Crippen MR) is 356 cm³/mol. The van der Waals surface area contributed by atoms with E-state index < -0.39 is 26.0 Å². The van der Waals surface area contributed by atoms with Crippen LogP contribution >= 0.6 is 7.82 Å². The highest BCUT2D eigenvalue weighted by molar-refractivity contribution is 7.48. The Balaban J connectivity index is 1.73. The van der Waals surface area contributed by atoms with Crippen molar-refractivity contribution in [3.63, 3.8) is 0 Å². The summed E-state index contributed by atoms with van der Waals surface area (Å²) in [7, 11) is -4.21. The summed E-state index contributed by atoms with van der Waals surface area (Å²) >= 11 is 0. The predicted octanol–water partition coefficient (Wildman–Crippen LogP) is 19.0. The fraction of sp³-hybridized carbons (Fsp3) is 0.699. The monoisotopic (exact) mass is 1230 g/mol. The molecule has 0 aliphatic carbocycles. The summed E-state index contributed by atoms with van der Waals surface area (Å²) in [6.45, 7) is 9.22. The van der Waals surface area contributed by atoms with E-state index in [9.17, 15) is 23.7 Å². The molecule has 0 radical (unpaired) electrons. The molecule has 0 saturated heterocycles. The highest BCUT2D eigenvalue weighted by Gasteiger charge is 2.30. The Bertz CT molecular complexity index is 2140. The van der Waals surface area contributed by atoms with Crippen LogP contribution in [0.3, 0.4) is 0 Å². The van der Waals surface area contributed by atoms with Crippen molar-refractivity contribution in [2.24, 2.45) is 0 Å². The van der Waals surface area contributed by atoms with Crippen LogP contribution in [0.4, 0.5) is 0 Å². The maximum Gasteiger partial charge on any atom is 0.475 e.